The molecule has 0 aromatic heterocycles. The molecule has 0 unspecified atom stereocenters. The van der Waals surface area contributed by atoms with E-state index in [-0.39, 0.29) is 0 Å². The number of hydrogen-bond acceptors (Lipinski definition) is 1. The second-order valence-electron chi connectivity index (χ2n) is 5.54. The zero-order valence-corrected chi connectivity index (χ0v) is 11.9. The van der Waals surface area contributed by atoms with E-state index in [4.69, 9.17) is 0 Å². The standard InChI is InChI=1S/C20H17N/c1-2-6-16(7-3-1)17-10-12-20(13-11-17)21-14-18-8-4-5-9-19(18)15-21/h1-13H,14-15H2. The molecule has 0 aliphatic carbocycles. The molecule has 21 heavy (non-hydrogen) atoms. The van der Waals surface area contributed by atoms with Crippen molar-refractivity contribution in [1.82, 2.24) is 0 Å². The molecule has 0 fully saturated rings. The van der Waals surface area contributed by atoms with Gasteiger partial charge in [-0.3, -0.25) is 0 Å². The summed E-state index contributed by atoms with van der Waals surface area (Å²) in [7, 11) is 0. The summed E-state index contributed by atoms with van der Waals surface area (Å²) in [4.78, 5) is 2.43. The van der Waals surface area contributed by atoms with Crippen LogP contribution >= 0.6 is 0 Å². The average Bonchev–Trinajstić information content (AvgIpc) is 3.00. The Labute approximate surface area is 125 Å². The number of nitrogens with zero attached hydrogens (tertiary/aromatic N) is 1. The normalized spacial score (nSPS) is 13.2. The Bertz CT molecular complexity index is 719. The Morgan fingerprint density at radius 1 is 0.524 bits per heavy atom. The lowest BCUT2D eigenvalue weighted by molar-refractivity contribution is 0.881. The van der Waals surface area contributed by atoms with Crippen molar-refractivity contribution in [3.63, 3.8) is 0 Å². The van der Waals surface area contributed by atoms with Crippen molar-refractivity contribution in [1.29, 1.82) is 0 Å². The summed E-state index contributed by atoms with van der Waals surface area (Å²) in [6, 6.07) is 28.1. The minimum Gasteiger partial charge on any atom is -0.363 e. The first kappa shape index (κ1) is 12.2. The Hall–Kier alpha value is -2.54. The van der Waals surface area contributed by atoms with Crippen LogP contribution in [-0.4, -0.2) is 0 Å². The highest BCUT2D eigenvalue weighted by atomic mass is 15.1. The molecule has 1 heteroatoms. The van der Waals surface area contributed by atoms with Crippen molar-refractivity contribution in [3.8, 4) is 11.1 Å². The highest BCUT2D eigenvalue weighted by Crippen LogP contribution is 2.29. The first-order valence-corrected chi connectivity index (χ1v) is 7.37. The van der Waals surface area contributed by atoms with Gasteiger partial charge in [0.25, 0.3) is 0 Å². The molecule has 0 spiro atoms. The van der Waals surface area contributed by atoms with Gasteiger partial charge in [-0.25, -0.2) is 0 Å². The maximum absolute atomic E-state index is 2.43. The zero-order chi connectivity index (χ0) is 14.1. The van der Waals surface area contributed by atoms with E-state index in [9.17, 15) is 0 Å². The first-order chi connectivity index (χ1) is 10.4. The molecule has 0 N–H and O–H groups in total. The lowest BCUT2D eigenvalue weighted by atomic mass is 10.1. The second kappa shape index (κ2) is 5.10. The van der Waals surface area contributed by atoms with Gasteiger partial charge in [0.05, 0.1) is 0 Å². The number of rotatable bonds is 2. The van der Waals surface area contributed by atoms with Crippen LogP contribution in [0.15, 0.2) is 78.9 Å². The smallest absolute Gasteiger partial charge is 0.0436 e. The van der Waals surface area contributed by atoms with E-state index in [0.29, 0.717) is 0 Å². The minimum atomic E-state index is 1.01. The van der Waals surface area contributed by atoms with Gasteiger partial charge in [-0.1, -0.05) is 66.7 Å². The van der Waals surface area contributed by atoms with Gasteiger partial charge in [0, 0.05) is 18.8 Å². The number of fused-ring (bicyclic) bond motifs is 1. The van der Waals surface area contributed by atoms with Crippen molar-refractivity contribution in [2.45, 2.75) is 13.1 Å². The minimum absolute atomic E-state index is 1.01. The maximum atomic E-state index is 2.43. The van der Waals surface area contributed by atoms with Crippen LogP contribution in [0.1, 0.15) is 11.1 Å². The number of hydrogen-bond donors (Lipinski definition) is 0. The topological polar surface area (TPSA) is 3.24 Å². The number of anilines is 1. The van der Waals surface area contributed by atoms with E-state index < -0.39 is 0 Å². The summed E-state index contributed by atoms with van der Waals surface area (Å²) in [6.07, 6.45) is 0. The Balaban J connectivity index is 1.58. The third-order valence-corrected chi connectivity index (χ3v) is 4.18. The highest BCUT2D eigenvalue weighted by molar-refractivity contribution is 5.66. The fourth-order valence-corrected chi connectivity index (χ4v) is 3.01. The van der Waals surface area contributed by atoms with Gasteiger partial charge in [0.1, 0.15) is 0 Å². The predicted molar refractivity (Wildman–Crippen MR) is 88.2 cm³/mol. The zero-order valence-electron chi connectivity index (χ0n) is 11.9. The quantitative estimate of drug-likeness (QED) is 0.642. The van der Waals surface area contributed by atoms with Gasteiger partial charge >= 0.3 is 0 Å². The van der Waals surface area contributed by atoms with Gasteiger partial charge in [-0.2, -0.15) is 0 Å². The lowest BCUT2D eigenvalue weighted by Crippen LogP contribution is -2.14. The van der Waals surface area contributed by atoms with E-state index in [2.05, 4.69) is 83.8 Å². The van der Waals surface area contributed by atoms with Crippen molar-refractivity contribution >= 4 is 5.69 Å². The summed E-state index contributed by atoms with van der Waals surface area (Å²) in [5.74, 6) is 0. The Morgan fingerprint density at radius 3 is 1.67 bits per heavy atom. The molecule has 1 aliphatic rings. The van der Waals surface area contributed by atoms with Crippen molar-refractivity contribution in [2.75, 3.05) is 4.90 Å². The maximum Gasteiger partial charge on any atom is 0.0436 e. The molecule has 0 atom stereocenters. The first-order valence-electron chi connectivity index (χ1n) is 7.37. The monoisotopic (exact) mass is 271 g/mol. The van der Waals surface area contributed by atoms with Crippen LogP contribution in [0, 0.1) is 0 Å². The molecule has 1 heterocycles. The summed E-state index contributed by atoms with van der Waals surface area (Å²) < 4.78 is 0. The van der Waals surface area contributed by atoms with Crippen LogP contribution in [0.25, 0.3) is 11.1 Å². The molecule has 0 saturated heterocycles. The second-order valence-corrected chi connectivity index (χ2v) is 5.54. The largest absolute Gasteiger partial charge is 0.363 e. The van der Waals surface area contributed by atoms with Crippen molar-refractivity contribution < 1.29 is 0 Å². The van der Waals surface area contributed by atoms with Crippen molar-refractivity contribution in [2.24, 2.45) is 0 Å². The van der Waals surface area contributed by atoms with Crippen LogP contribution in [0.4, 0.5) is 5.69 Å². The van der Waals surface area contributed by atoms with Crippen LogP contribution in [-0.2, 0) is 13.1 Å². The molecule has 0 radical (unpaired) electrons. The van der Waals surface area contributed by atoms with Crippen LogP contribution in [0.3, 0.4) is 0 Å². The molecule has 3 aromatic carbocycles. The van der Waals surface area contributed by atoms with Crippen LogP contribution in [0.5, 0.6) is 0 Å². The average molecular weight is 271 g/mol. The van der Waals surface area contributed by atoms with Gasteiger partial charge in [-0.05, 0) is 34.4 Å². The molecule has 102 valence electrons. The molecule has 3 aromatic rings. The Kier molecular flexibility index (Phi) is 2.97. The third kappa shape index (κ3) is 2.31. The lowest BCUT2D eigenvalue weighted by Gasteiger charge is -2.18. The summed E-state index contributed by atoms with van der Waals surface area (Å²) in [5, 5.41) is 0. The molecular formula is C20H17N. The molecule has 0 amide bonds. The van der Waals surface area contributed by atoms with Gasteiger partial charge in [0.15, 0.2) is 0 Å². The molecule has 0 saturated carbocycles. The third-order valence-electron chi connectivity index (χ3n) is 4.18. The summed E-state index contributed by atoms with van der Waals surface area (Å²) >= 11 is 0. The van der Waals surface area contributed by atoms with Gasteiger partial charge in [0.2, 0.25) is 0 Å². The molecule has 1 nitrogen and oxygen atoms in total. The summed E-state index contributed by atoms with van der Waals surface area (Å²) in [6.45, 7) is 2.03. The molecule has 1 aliphatic heterocycles. The van der Waals surface area contributed by atoms with Gasteiger partial charge in [-0.15, -0.1) is 0 Å². The predicted octanol–water partition coefficient (Wildman–Crippen LogP) is 4.87. The molecule has 4 rings (SSSR count). The van der Waals surface area contributed by atoms with E-state index in [1.54, 1.807) is 0 Å². The summed E-state index contributed by atoms with van der Waals surface area (Å²) in [5.41, 5.74) is 6.74. The van der Waals surface area contributed by atoms with Crippen LogP contribution in [0.2, 0.25) is 0 Å². The van der Waals surface area contributed by atoms with E-state index >= 15 is 0 Å². The van der Waals surface area contributed by atoms with Crippen LogP contribution < -0.4 is 4.90 Å². The fourth-order valence-electron chi connectivity index (χ4n) is 3.01. The molecule has 0 bridgehead atoms. The van der Waals surface area contributed by atoms with E-state index in [0.717, 1.165) is 13.1 Å². The Morgan fingerprint density at radius 2 is 1.05 bits per heavy atom. The van der Waals surface area contributed by atoms with Crippen molar-refractivity contribution in [3.05, 3.63) is 90.0 Å². The van der Waals surface area contributed by atoms with E-state index in [1.807, 2.05) is 0 Å². The number of benzene rings is 3. The molecular weight excluding hydrogens is 254 g/mol. The fraction of sp³-hybridized carbons (Fsp3) is 0.100. The highest BCUT2D eigenvalue weighted by Gasteiger charge is 2.18. The van der Waals surface area contributed by atoms with E-state index in [1.165, 1.54) is 27.9 Å². The SMILES string of the molecule is c1ccc(-c2ccc(N3Cc4ccccc4C3)cc2)cc1. The van der Waals surface area contributed by atoms with Gasteiger partial charge < -0.3 is 4.90 Å².